The van der Waals surface area contributed by atoms with Crippen molar-refractivity contribution >= 4 is 51.7 Å². The highest BCUT2D eigenvalue weighted by Crippen LogP contribution is 2.02. The van der Waals surface area contributed by atoms with Crippen LogP contribution in [0.4, 0.5) is 9.59 Å². The van der Waals surface area contributed by atoms with E-state index in [1.807, 2.05) is 6.26 Å². The van der Waals surface area contributed by atoms with E-state index < -0.39 is 12.2 Å². The zero-order valence-electron chi connectivity index (χ0n) is 14.7. The van der Waals surface area contributed by atoms with Crippen molar-refractivity contribution in [3.8, 4) is 0 Å². The molecule has 0 saturated carbocycles. The molecule has 0 fully saturated rings. The fourth-order valence-electron chi connectivity index (χ4n) is 0.672. The van der Waals surface area contributed by atoms with Gasteiger partial charge in [-0.2, -0.15) is 0 Å². The van der Waals surface area contributed by atoms with Crippen molar-refractivity contribution in [1.82, 2.24) is 15.5 Å². The second-order valence-corrected chi connectivity index (χ2v) is 5.67. The van der Waals surface area contributed by atoms with E-state index in [9.17, 15) is 14.4 Å². The van der Waals surface area contributed by atoms with Crippen LogP contribution in [0.2, 0.25) is 0 Å². The monoisotopic (exact) mass is 381 g/mol. The van der Waals surface area contributed by atoms with Gasteiger partial charge in [0.05, 0.1) is 0 Å². The van der Waals surface area contributed by atoms with Gasteiger partial charge in [0.15, 0.2) is 0 Å². The molecule has 24 heavy (non-hydrogen) atoms. The molecule has 0 aliphatic heterocycles. The molecule has 0 saturated heterocycles. The number of hydrogen-bond donors (Lipinski definition) is 2. The average Bonchev–Trinajstić information content (AvgIpc) is 2.59. The molecule has 0 radical (unpaired) electrons. The number of thioether (sulfide) groups is 2. The normalized spacial score (nSPS) is 10.8. The molecule has 0 heterocycles. The summed E-state index contributed by atoms with van der Waals surface area (Å²) in [6.07, 6.45) is 2.27. The second kappa shape index (κ2) is 14.6. The number of nitrogens with one attached hydrogen (secondary N) is 2. The Balaban J connectivity index is 0. The van der Waals surface area contributed by atoms with E-state index in [-0.39, 0.29) is 11.0 Å². The molecule has 138 valence electrons. The number of hydrogen-bond acceptors (Lipinski definition) is 9. The van der Waals surface area contributed by atoms with Crippen LogP contribution in [0.1, 0.15) is 6.92 Å². The third-order valence-electron chi connectivity index (χ3n) is 1.95. The Morgan fingerprint density at radius 3 is 1.71 bits per heavy atom. The first-order chi connectivity index (χ1) is 11.2. The van der Waals surface area contributed by atoms with Crippen LogP contribution >= 0.6 is 23.5 Å². The number of nitrogens with zero attached hydrogens (tertiary/aromatic N) is 3. The molecule has 0 aromatic carbocycles. The maximum Gasteiger partial charge on any atom is 0.433 e. The van der Waals surface area contributed by atoms with Crippen LogP contribution in [0.25, 0.3) is 0 Å². The van der Waals surface area contributed by atoms with E-state index in [0.717, 1.165) is 11.8 Å². The molecule has 0 aliphatic rings. The summed E-state index contributed by atoms with van der Waals surface area (Å²) in [5.74, 6) is -0.304. The van der Waals surface area contributed by atoms with Crippen molar-refractivity contribution in [3.05, 3.63) is 0 Å². The van der Waals surface area contributed by atoms with E-state index in [0.29, 0.717) is 5.04 Å². The van der Waals surface area contributed by atoms with Gasteiger partial charge < -0.3 is 15.5 Å². The minimum Gasteiger partial charge on any atom is -0.343 e. The largest absolute Gasteiger partial charge is 0.433 e. The zero-order chi connectivity index (χ0) is 19.1. The van der Waals surface area contributed by atoms with Crippen LogP contribution in [0.15, 0.2) is 10.3 Å². The summed E-state index contributed by atoms with van der Waals surface area (Å²) >= 11 is 2.53. The van der Waals surface area contributed by atoms with E-state index in [1.165, 1.54) is 30.8 Å². The molecule has 2 N–H and O–H groups in total. The first-order valence-electron chi connectivity index (χ1n) is 6.43. The maximum absolute atomic E-state index is 11.3. The highest BCUT2D eigenvalue weighted by molar-refractivity contribution is 8.15. The van der Waals surface area contributed by atoms with Crippen molar-refractivity contribution < 1.29 is 24.1 Å². The molecule has 0 spiro atoms. The molecular weight excluding hydrogens is 358 g/mol. The first-order valence-corrected chi connectivity index (χ1v) is 8.88. The van der Waals surface area contributed by atoms with Gasteiger partial charge in [-0.05, 0) is 19.4 Å². The SMILES string of the molecule is CNC(=O)O/N=C(\C)SC.CNC(=O)O/N=C(\SC)C(=O)N(C)C. The molecule has 0 aromatic rings. The van der Waals surface area contributed by atoms with Gasteiger partial charge in [0, 0.05) is 28.2 Å². The van der Waals surface area contributed by atoms with Crippen LogP contribution < -0.4 is 10.6 Å². The van der Waals surface area contributed by atoms with E-state index >= 15 is 0 Å². The van der Waals surface area contributed by atoms with Gasteiger partial charge in [0.2, 0.25) is 5.04 Å². The third-order valence-corrected chi connectivity index (χ3v) is 3.26. The summed E-state index contributed by atoms with van der Waals surface area (Å²) in [6.45, 7) is 1.76. The fourth-order valence-corrected chi connectivity index (χ4v) is 1.25. The highest BCUT2D eigenvalue weighted by atomic mass is 32.2. The topological polar surface area (TPSA) is 122 Å². The molecule has 0 aliphatic carbocycles. The number of oxime groups is 2. The predicted octanol–water partition coefficient (Wildman–Crippen LogP) is 1.15. The lowest BCUT2D eigenvalue weighted by Gasteiger charge is -2.09. The first kappa shape index (κ1) is 24.3. The van der Waals surface area contributed by atoms with Gasteiger partial charge in [-0.3, -0.25) is 14.5 Å². The number of carbonyl (C=O) groups excluding carboxylic acids is 3. The summed E-state index contributed by atoms with van der Waals surface area (Å²) in [5.41, 5.74) is 0. The van der Waals surface area contributed by atoms with Gasteiger partial charge in [-0.25, -0.2) is 9.59 Å². The average molecular weight is 381 g/mol. The number of rotatable bonds is 2. The maximum atomic E-state index is 11.3. The summed E-state index contributed by atoms with van der Waals surface area (Å²) in [7, 11) is 6.07. The molecule has 10 nitrogen and oxygen atoms in total. The van der Waals surface area contributed by atoms with Crippen molar-refractivity contribution in [3.63, 3.8) is 0 Å². The van der Waals surface area contributed by atoms with E-state index in [2.05, 4.69) is 30.6 Å². The van der Waals surface area contributed by atoms with Crippen molar-refractivity contribution in [2.75, 3.05) is 40.7 Å². The summed E-state index contributed by atoms with van der Waals surface area (Å²) in [5, 5.41) is 12.2. The van der Waals surface area contributed by atoms with E-state index in [4.69, 9.17) is 0 Å². The van der Waals surface area contributed by atoms with Crippen LogP contribution in [0.3, 0.4) is 0 Å². The minimum atomic E-state index is -0.705. The fraction of sp³-hybridized carbons (Fsp3) is 0.583. The standard InChI is InChI=1S/C7H13N3O3S.C5H10N2O2S/c1-8-7(12)13-9-5(14-4)6(11)10(2)3;1-4(10-3)7-9-5(8)6-2/h1-4H3,(H,8,12);1-3H3,(H,6,8)/b9-5-;7-4+. The zero-order valence-corrected chi connectivity index (χ0v) is 16.3. The van der Waals surface area contributed by atoms with Crippen LogP contribution in [-0.4, -0.2) is 73.8 Å². The van der Waals surface area contributed by atoms with E-state index in [1.54, 1.807) is 27.3 Å². The number of amides is 3. The Kier molecular flexibility index (Phi) is 14.8. The third kappa shape index (κ3) is 12.6. The lowest BCUT2D eigenvalue weighted by molar-refractivity contribution is -0.121. The Morgan fingerprint density at radius 2 is 1.38 bits per heavy atom. The van der Waals surface area contributed by atoms with Crippen molar-refractivity contribution in [2.24, 2.45) is 10.3 Å². The lowest BCUT2D eigenvalue weighted by Crippen LogP contribution is -2.28. The molecule has 0 atom stereocenters. The lowest BCUT2D eigenvalue weighted by atomic mass is 10.6. The van der Waals surface area contributed by atoms with Gasteiger partial charge in [0.25, 0.3) is 5.91 Å². The van der Waals surface area contributed by atoms with Crippen molar-refractivity contribution in [2.45, 2.75) is 6.92 Å². The van der Waals surface area contributed by atoms with Gasteiger partial charge in [-0.1, -0.05) is 10.3 Å². The summed E-state index contributed by atoms with van der Waals surface area (Å²) in [4.78, 5) is 42.5. The van der Waals surface area contributed by atoms with Crippen LogP contribution in [0.5, 0.6) is 0 Å². The predicted molar refractivity (Wildman–Crippen MR) is 97.3 cm³/mol. The second-order valence-electron chi connectivity index (χ2n) is 3.87. The van der Waals surface area contributed by atoms with Crippen LogP contribution in [0, 0.1) is 0 Å². The van der Waals surface area contributed by atoms with Crippen molar-refractivity contribution in [1.29, 1.82) is 0 Å². The molecule has 0 unspecified atom stereocenters. The van der Waals surface area contributed by atoms with Gasteiger partial charge >= 0.3 is 12.2 Å². The summed E-state index contributed by atoms with van der Waals surface area (Å²) in [6, 6.07) is 0. The Morgan fingerprint density at radius 1 is 0.917 bits per heavy atom. The quantitative estimate of drug-likeness (QED) is 0.318. The Hall–Kier alpha value is -1.95. The molecule has 12 heteroatoms. The smallest absolute Gasteiger partial charge is 0.343 e. The molecule has 3 amide bonds. The minimum absolute atomic E-state index is 0.124. The van der Waals surface area contributed by atoms with Crippen LogP contribution in [-0.2, 0) is 14.5 Å². The molecule has 0 bridgehead atoms. The molecule has 0 aromatic heterocycles. The Labute approximate surface area is 149 Å². The van der Waals surface area contributed by atoms with Gasteiger partial charge in [0.1, 0.15) is 5.04 Å². The highest BCUT2D eigenvalue weighted by Gasteiger charge is 2.13. The molecular formula is C12H23N5O5S2. The van der Waals surface area contributed by atoms with Gasteiger partial charge in [-0.15, -0.1) is 23.5 Å². The summed E-state index contributed by atoms with van der Waals surface area (Å²) < 4.78 is 0. The molecule has 0 rings (SSSR count). The Bertz CT molecular complexity index is 482. The number of carbonyl (C=O) groups is 3.